The highest BCUT2D eigenvalue weighted by Crippen LogP contribution is 2.23. The molecule has 29 heavy (non-hydrogen) atoms. The molecule has 0 aliphatic carbocycles. The summed E-state index contributed by atoms with van der Waals surface area (Å²) in [5.41, 5.74) is 0. The normalized spacial score (nSPS) is 12.9. The van der Waals surface area contributed by atoms with E-state index in [9.17, 15) is 0 Å². The van der Waals surface area contributed by atoms with Crippen molar-refractivity contribution in [2.75, 3.05) is 23.6 Å². The molecule has 0 saturated heterocycles. The Morgan fingerprint density at radius 1 is 1.10 bits per heavy atom. The number of H-pyrrole nitrogens is 1. The van der Waals surface area contributed by atoms with Crippen LogP contribution in [0, 0.1) is 0 Å². The lowest BCUT2D eigenvalue weighted by molar-refractivity contribution is 0.328. The molecule has 0 spiro atoms. The highest BCUT2D eigenvalue weighted by molar-refractivity contribution is 7.99. The zero-order valence-corrected chi connectivity index (χ0v) is 17.6. The van der Waals surface area contributed by atoms with Gasteiger partial charge in [0.05, 0.1) is 0 Å². The van der Waals surface area contributed by atoms with Crippen LogP contribution in [0.5, 0.6) is 11.2 Å². The van der Waals surface area contributed by atoms with Gasteiger partial charge in [0.2, 0.25) is 5.13 Å². The van der Waals surface area contributed by atoms with Gasteiger partial charge in [0, 0.05) is 25.5 Å². The fraction of sp³-hybridized carbons (Fsp3) is 0.400. The maximum absolute atomic E-state index is 5.49. The number of thioether (sulfide) groups is 1. The Morgan fingerprint density at radius 2 is 1.97 bits per heavy atom. The maximum Gasteiger partial charge on any atom is 0.319 e. The Labute approximate surface area is 178 Å². The second kappa shape index (κ2) is 10.3. The van der Waals surface area contributed by atoms with E-state index < -0.39 is 0 Å². The molecule has 0 aromatic carbocycles. The SMILES string of the molecule is C1=CN=C(OCNc2nnc(CCSCCc3nnc(Oc4ncn[nH]4)s3)s2)C1. The summed E-state index contributed by atoms with van der Waals surface area (Å²) < 4.78 is 10.9. The molecular formula is C15H17N9O2S3. The lowest BCUT2D eigenvalue weighted by Crippen LogP contribution is -2.10. The van der Waals surface area contributed by atoms with E-state index in [0.29, 0.717) is 23.8 Å². The van der Waals surface area contributed by atoms with Crippen LogP contribution < -0.4 is 10.1 Å². The Kier molecular flexibility index (Phi) is 6.98. The van der Waals surface area contributed by atoms with Gasteiger partial charge in [-0.3, -0.25) is 0 Å². The Morgan fingerprint density at radius 3 is 2.76 bits per heavy atom. The molecule has 1 aliphatic rings. The molecule has 0 amide bonds. The van der Waals surface area contributed by atoms with Gasteiger partial charge in [-0.1, -0.05) is 33.8 Å². The van der Waals surface area contributed by atoms with E-state index in [1.165, 1.54) is 17.7 Å². The molecule has 4 rings (SSSR count). The zero-order valence-electron chi connectivity index (χ0n) is 15.1. The molecule has 152 valence electrons. The van der Waals surface area contributed by atoms with E-state index in [4.69, 9.17) is 9.47 Å². The van der Waals surface area contributed by atoms with Crippen molar-refractivity contribution in [3.05, 3.63) is 28.6 Å². The van der Waals surface area contributed by atoms with Crippen molar-refractivity contribution >= 4 is 45.5 Å². The van der Waals surface area contributed by atoms with Crippen LogP contribution in [-0.4, -0.2) is 59.7 Å². The minimum Gasteiger partial charge on any atom is -0.460 e. The zero-order chi connectivity index (χ0) is 19.7. The fourth-order valence-electron chi connectivity index (χ4n) is 2.17. The fourth-order valence-corrected chi connectivity index (χ4v) is 4.72. The van der Waals surface area contributed by atoms with Gasteiger partial charge in [-0.2, -0.15) is 21.8 Å². The molecule has 0 fully saturated rings. The Balaban J connectivity index is 1.09. The molecule has 0 atom stereocenters. The number of aromatic amines is 1. The van der Waals surface area contributed by atoms with E-state index in [2.05, 4.69) is 45.9 Å². The molecule has 14 heteroatoms. The average Bonchev–Trinajstić information content (AvgIpc) is 3.52. The molecule has 0 saturated carbocycles. The molecule has 0 unspecified atom stereocenters. The largest absolute Gasteiger partial charge is 0.460 e. The molecule has 0 radical (unpaired) electrons. The number of nitrogens with one attached hydrogen (secondary N) is 2. The van der Waals surface area contributed by atoms with Crippen LogP contribution in [0.25, 0.3) is 0 Å². The highest BCUT2D eigenvalue weighted by Gasteiger charge is 2.09. The second-order valence-electron chi connectivity index (χ2n) is 5.54. The summed E-state index contributed by atoms with van der Waals surface area (Å²) in [6.07, 6.45) is 7.52. The molecule has 3 aromatic rings. The first kappa shape index (κ1) is 19.7. The number of aromatic nitrogens is 7. The van der Waals surface area contributed by atoms with Gasteiger partial charge in [-0.05, 0) is 11.5 Å². The summed E-state index contributed by atoms with van der Waals surface area (Å²) in [4.78, 5) is 7.98. The first-order chi connectivity index (χ1) is 14.3. The molecule has 3 aromatic heterocycles. The third-order valence-corrected chi connectivity index (χ3v) is 6.28. The predicted octanol–water partition coefficient (Wildman–Crippen LogP) is 2.52. The van der Waals surface area contributed by atoms with Crippen LogP contribution in [0.3, 0.4) is 0 Å². The number of nitrogens with zero attached hydrogens (tertiary/aromatic N) is 7. The topological polar surface area (TPSA) is 136 Å². The van der Waals surface area contributed by atoms with Gasteiger partial charge in [0.25, 0.3) is 0 Å². The summed E-state index contributed by atoms with van der Waals surface area (Å²) >= 11 is 4.79. The quantitative estimate of drug-likeness (QED) is 0.330. The van der Waals surface area contributed by atoms with Crippen molar-refractivity contribution < 1.29 is 9.47 Å². The number of rotatable bonds is 11. The van der Waals surface area contributed by atoms with Crippen LogP contribution in [-0.2, 0) is 17.6 Å². The second-order valence-corrected chi connectivity index (χ2v) is 8.86. The van der Waals surface area contributed by atoms with Crippen molar-refractivity contribution in [1.82, 2.24) is 35.6 Å². The summed E-state index contributed by atoms with van der Waals surface area (Å²) in [7, 11) is 0. The smallest absolute Gasteiger partial charge is 0.319 e. The minimum atomic E-state index is 0.309. The van der Waals surface area contributed by atoms with Crippen molar-refractivity contribution in [2.24, 2.45) is 4.99 Å². The average molecular weight is 452 g/mol. The molecule has 4 heterocycles. The van der Waals surface area contributed by atoms with E-state index in [0.717, 1.165) is 45.9 Å². The molecule has 1 aliphatic heterocycles. The summed E-state index contributed by atoms with van der Waals surface area (Å²) in [5, 5.41) is 29.0. The summed E-state index contributed by atoms with van der Waals surface area (Å²) in [6.45, 7) is 0.341. The van der Waals surface area contributed by atoms with Gasteiger partial charge in [0.15, 0.2) is 12.6 Å². The van der Waals surface area contributed by atoms with Crippen molar-refractivity contribution in [3.63, 3.8) is 0 Å². The standard InChI is InChI=1S/C15H17N9O2S3/c1-2-10(16-5-1)25-9-18-14-23-20-11(28-14)3-6-27-7-4-12-21-24-15(29-12)26-13-17-8-19-22-13/h1,5,8H,2-4,6-7,9H2,(H,18,23)(H,17,19,22). The predicted molar refractivity (Wildman–Crippen MR) is 112 cm³/mol. The third-order valence-electron chi connectivity index (χ3n) is 3.49. The number of aryl methyl sites for hydroxylation is 2. The van der Waals surface area contributed by atoms with E-state index in [1.54, 1.807) is 17.5 Å². The van der Waals surface area contributed by atoms with Gasteiger partial charge in [-0.25, -0.2) is 10.1 Å². The van der Waals surface area contributed by atoms with Crippen molar-refractivity contribution in [3.8, 4) is 11.2 Å². The van der Waals surface area contributed by atoms with Crippen LogP contribution >= 0.6 is 34.4 Å². The van der Waals surface area contributed by atoms with E-state index in [1.807, 2.05) is 17.8 Å². The number of hydrogen-bond donors (Lipinski definition) is 2. The molecule has 2 N–H and O–H groups in total. The summed E-state index contributed by atoms with van der Waals surface area (Å²) in [5.74, 6) is 2.63. The Bertz CT molecular complexity index is 954. The van der Waals surface area contributed by atoms with Gasteiger partial charge >= 0.3 is 11.2 Å². The number of hydrogen-bond acceptors (Lipinski definition) is 13. The summed E-state index contributed by atoms with van der Waals surface area (Å²) in [6, 6.07) is 0.309. The number of ether oxygens (including phenoxy) is 2. The van der Waals surface area contributed by atoms with Gasteiger partial charge in [0.1, 0.15) is 16.3 Å². The van der Waals surface area contributed by atoms with Crippen molar-refractivity contribution in [1.29, 1.82) is 0 Å². The van der Waals surface area contributed by atoms with Crippen molar-refractivity contribution in [2.45, 2.75) is 19.3 Å². The highest BCUT2D eigenvalue weighted by atomic mass is 32.2. The van der Waals surface area contributed by atoms with E-state index >= 15 is 0 Å². The van der Waals surface area contributed by atoms with Crippen LogP contribution in [0.2, 0.25) is 0 Å². The minimum absolute atomic E-state index is 0.309. The van der Waals surface area contributed by atoms with Crippen LogP contribution in [0.1, 0.15) is 16.4 Å². The third kappa shape index (κ3) is 6.20. The first-order valence-corrected chi connectivity index (χ1v) is 11.5. The van der Waals surface area contributed by atoms with Crippen LogP contribution in [0.15, 0.2) is 23.6 Å². The first-order valence-electron chi connectivity index (χ1n) is 8.69. The lowest BCUT2D eigenvalue weighted by atomic mass is 10.5. The van der Waals surface area contributed by atoms with Gasteiger partial charge in [-0.15, -0.1) is 15.3 Å². The van der Waals surface area contributed by atoms with Crippen LogP contribution in [0.4, 0.5) is 5.13 Å². The Hall–Kier alpha value is -2.58. The molecule has 0 bridgehead atoms. The number of anilines is 1. The molecular weight excluding hydrogens is 434 g/mol. The number of aliphatic imine (C=N–C) groups is 1. The van der Waals surface area contributed by atoms with E-state index in [-0.39, 0.29) is 0 Å². The van der Waals surface area contributed by atoms with Gasteiger partial charge < -0.3 is 14.8 Å². The molecule has 11 nitrogen and oxygen atoms in total. The maximum atomic E-state index is 5.49. The lowest BCUT2D eigenvalue weighted by Gasteiger charge is -2.04. The monoisotopic (exact) mass is 451 g/mol.